The highest BCUT2D eigenvalue weighted by Crippen LogP contribution is 2.15. The van der Waals surface area contributed by atoms with Gasteiger partial charge in [-0.2, -0.15) is 0 Å². The molecule has 1 aromatic heterocycles. The summed E-state index contributed by atoms with van der Waals surface area (Å²) in [6.45, 7) is 3.46. The number of hydrogen-bond acceptors (Lipinski definition) is 3. The molecule has 14 heavy (non-hydrogen) atoms. The molecule has 0 aromatic carbocycles. The van der Waals surface area contributed by atoms with E-state index in [2.05, 4.69) is 26.2 Å². The standard InChI is InChI=1S/C9H12BrN3O/c1-5(11)9(14)13-7-3-4-8(10)12-6(7)2/h3-5H,11H2,1-2H3,(H,13,14)/t5-/m1/s1. The van der Waals surface area contributed by atoms with Crippen molar-refractivity contribution in [2.75, 3.05) is 5.32 Å². The summed E-state index contributed by atoms with van der Waals surface area (Å²) in [4.78, 5) is 15.4. The number of carbonyl (C=O) groups excluding carboxylic acids is 1. The minimum Gasteiger partial charge on any atom is -0.323 e. The Hall–Kier alpha value is -0.940. The molecule has 1 rings (SSSR count). The van der Waals surface area contributed by atoms with Crippen LogP contribution < -0.4 is 11.1 Å². The van der Waals surface area contributed by atoms with Crippen LogP contribution in [0.5, 0.6) is 0 Å². The molecular formula is C9H12BrN3O. The molecule has 5 heteroatoms. The summed E-state index contributed by atoms with van der Waals surface area (Å²) in [6.07, 6.45) is 0. The number of aryl methyl sites for hydroxylation is 1. The summed E-state index contributed by atoms with van der Waals surface area (Å²) in [5.41, 5.74) is 6.87. The number of pyridine rings is 1. The predicted molar refractivity (Wildman–Crippen MR) is 59.0 cm³/mol. The fourth-order valence-electron chi connectivity index (χ4n) is 0.909. The molecule has 4 nitrogen and oxygen atoms in total. The van der Waals surface area contributed by atoms with Crippen molar-refractivity contribution in [1.29, 1.82) is 0 Å². The topological polar surface area (TPSA) is 68.0 Å². The second-order valence-electron chi connectivity index (χ2n) is 3.04. The van der Waals surface area contributed by atoms with Crippen LogP contribution in [0.2, 0.25) is 0 Å². The third-order valence-corrected chi connectivity index (χ3v) is 2.16. The highest BCUT2D eigenvalue weighted by Gasteiger charge is 2.09. The zero-order valence-corrected chi connectivity index (χ0v) is 9.63. The van der Waals surface area contributed by atoms with E-state index in [4.69, 9.17) is 5.73 Å². The van der Waals surface area contributed by atoms with Gasteiger partial charge in [0.05, 0.1) is 17.4 Å². The van der Waals surface area contributed by atoms with Gasteiger partial charge >= 0.3 is 0 Å². The normalized spacial score (nSPS) is 12.3. The van der Waals surface area contributed by atoms with Gasteiger partial charge in [-0.1, -0.05) is 0 Å². The van der Waals surface area contributed by atoms with Gasteiger partial charge in [-0.05, 0) is 41.9 Å². The molecule has 0 aliphatic heterocycles. The monoisotopic (exact) mass is 257 g/mol. The highest BCUT2D eigenvalue weighted by molar-refractivity contribution is 9.10. The number of rotatable bonds is 2. The van der Waals surface area contributed by atoms with Crippen LogP contribution >= 0.6 is 15.9 Å². The fraction of sp³-hybridized carbons (Fsp3) is 0.333. The number of hydrogen-bond donors (Lipinski definition) is 2. The van der Waals surface area contributed by atoms with Gasteiger partial charge in [0.15, 0.2) is 0 Å². The Kier molecular flexibility index (Phi) is 3.60. The maximum atomic E-state index is 11.3. The lowest BCUT2D eigenvalue weighted by molar-refractivity contribution is -0.117. The largest absolute Gasteiger partial charge is 0.323 e. The number of halogens is 1. The van der Waals surface area contributed by atoms with E-state index in [1.807, 2.05) is 6.92 Å². The van der Waals surface area contributed by atoms with Crippen molar-refractivity contribution in [2.45, 2.75) is 19.9 Å². The number of nitrogens with two attached hydrogens (primary N) is 1. The van der Waals surface area contributed by atoms with Gasteiger partial charge in [0.2, 0.25) is 5.91 Å². The molecule has 0 bridgehead atoms. The molecule has 0 aliphatic rings. The molecule has 0 saturated carbocycles. The third-order valence-electron chi connectivity index (χ3n) is 1.72. The Morgan fingerprint density at radius 2 is 2.29 bits per heavy atom. The molecule has 76 valence electrons. The second-order valence-corrected chi connectivity index (χ2v) is 3.86. The Morgan fingerprint density at radius 1 is 1.64 bits per heavy atom. The van der Waals surface area contributed by atoms with Gasteiger partial charge in [-0.15, -0.1) is 0 Å². The van der Waals surface area contributed by atoms with E-state index in [-0.39, 0.29) is 5.91 Å². The van der Waals surface area contributed by atoms with E-state index >= 15 is 0 Å². The number of carbonyl (C=O) groups is 1. The summed E-state index contributed by atoms with van der Waals surface area (Å²) in [6, 6.07) is 3.04. The zero-order valence-electron chi connectivity index (χ0n) is 8.04. The Labute approximate surface area is 91.0 Å². The molecule has 0 unspecified atom stereocenters. The van der Waals surface area contributed by atoms with Gasteiger partial charge in [0, 0.05) is 0 Å². The van der Waals surface area contributed by atoms with Crippen molar-refractivity contribution in [3.8, 4) is 0 Å². The first-order chi connectivity index (χ1) is 6.50. The van der Waals surface area contributed by atoms with Gasteiger partial charge in [-0.3, -0.25) is 4.79 Å². The second kappa shape index (κ2) is 4.52. The minimum absolute atomic E-state index is 0.211. The number of anilines is 1. The smallest absolute Gasteiger partial charge is 0.241 e. The van der Waals surface area contributed by atoms with E-state index in [0.717, 1.165) is 10.3 Å². The Balaban J connectivity index is 2.82. The van der Waals surface area contributed by atoms with Crippen molar-refractivity contribution >= 4 is 27.5 Å². The first-order valence-corrected chi connectivity index (χ1v) is 4.99. The first kappa shape index (κ1) is 11.1. The van der Waals surface area contributed by atoms with E-state index in [1.54, 1.807) is 19.1 Å². The number of amides is 1. The summed E-state index contributed by atoms with van der Waals surface area (Å²) in [5.74, 6) is -0.211. The SMILES string of the molecule is Cc1nc(Br)ccc1NC(=O)[C@@H](C)N. The highest BCUT2D eigenvalue weighted by atomic mass is 79.9. The van der Waals surface area contributed by atoms with Gasteiger partial charge < -0.3 is 11.1 Å². The van der Waals surface area contributed by atoms with E-state index in [1.165, 1.54) is 0 Å². The molecule has 0 saturated heterocycles. The van der Waals surface area contributed by atoms with Crippen LogP contribution in [0.15, 0.2) is 16.7 Å². The fourth-order valence-corrected chi connectivity index (χ4v) is 1.31. The van der Waals surface area contributed by atoms with Gasteiger partial charge in [0.1, 0.15) is 4.60 Å². The molecular weight excluding hydrogens is 246 g/mol. The Bertz CT molecular complexity index is 352. The van der Waals surface area contributed by atoms with Crippen LogP contribution in [0, 0.1) is 6.92 Å². The molecule has 0 aliphatic carbocycles. The summed E-state index contributed by atoms with van der Waals surface area (Å²) in [7, 11) is 0. The van der Waals surface area contributed by atoms with Crippen LogP contribution in [0.4, 0.5) is 5.69 Å². The molecule has 1 atom stereocenters. The van der Waals surface area contributed by atoms with Crippen LogP contribution in [-0.2, 0) is 4.79 Å². The van der Waals surface area contributed by atoms with E-state index in [9.17, 15) is 4.79 Å². The summed E-state index contributed by atoms with van der Waals surface area (Å²) in [5, 5.41) is 2.69. The average molecular weight is 258 g/mol. The van der Waals surface area contributed by atoms with Crippen LogP contribution in [0.25, 0.3) is 0 Å². The van der Waals surface area contributed by atoms with Crippen LogP contribution in [-0.4, -0.2) is 16.9 Å². The molecule has 0 fully saturated rings. The zero-order chi connectivity index (χ0) is 10.7. The van der Waals surface area contributed by atoms with E-state index in [0.29, 0.717) is 5.69 Å². The summed E-state index contributed by atoms with van der Waals surface area (Å²) < 4.78 is 0.744. The molecule has 0 spiro atoms. The van der Waals surface area contributed by atoms with Gasteiger partial charge in [-0.25, -0.2) is 4.98 Å². The molecule has 1 heterocycles. The first-order valence-electron chi connectivity index (χ1n) is 4.20. The molecule has 3 N–H and O–H groups in total. The van der Waals surface area contributed by atoms with Crippen LogP contribution in [0.1, 0.15) is 12.6 Å². The number of nitrogens with zero attached hydrogens (tertiary/aromatic N) is 1. The lowest BCUT2D eigenvalue weighted by Crippen LogP contribution is -2.32. The van der Waals surface area contributed by atoms with Crippen LogP contribution in [0.3, 0.4) is 0 Å². The van der Waals surface area contributed by atoms with Gasteiger partial charge in [0.25, 0.3) is 0 Å². The van der Waals surface area contributed by atoms with E-state index < -0.39 is 6.04 Å². The quantitative estimate of drug-likeness (QED) is 0.788. The lowest BCUT2D eigenvalue weighted by atomic mass is 10.3. The Morgan fingerprint density at radius 3 is 2.79 bits per heavy atom. The van der Waals surface area contributed by atoms with Crippen molar-refractivity contribution in [1.82, 2.24) is 4.98 Å². The van der Waals surface area contributed by atoms with Crippen molar-refractivity contribution in [3.05, 3.63) is 22.4 Å². The number of aromatic nitrogens is 1. The lowest BCUT2D eigenvalue weighted by Gasteiger charge is -2.09. The minimum atomic E-state index is -0.516. The maximum absolute atomic E-state index is 11.3. The van der Waals surface area contributed by atoms with Crippen molar-refractivity contribution in [2.24, 2.45) is 5.73 Å². The molecule has 1 amide bonds. The number of nitrogens with one attached hydrogen (secondary N) is 1. The molecule has 1 aromatic rings. The summed E-state index contributed by atoms with van der Waals surface area (Å²) >= 11 is 3.24. The third kappa shape index (κ3) is 2.78. The molecule has 0 radical (unpaired) electrons. The van der Waals surface area contributed by atoms with Crippen molar-refractivity contribution < 1.29 is 4.79 Å². The predicted octanol–water partition coefficient (Wildman–Crippen LogP) is 1.44. The van der Waals surface area contributed by atoms with Crippen molar-refractivity contribution in [3.63, 3.8) is 0 Å². The average Bonchev–Trinajstić information content (AvgIpc) is 2.09. The maximum Gasteiger partial charge on any atom is 0.241 e.